The van der Waals surface area contributed by atoms with Crippen molar-refractivity contribution in [1.29, 1.82) is 0 Å². The zero-order valence-corrected chi connectivity index (χ0v) is 21.7. The highest BCUT2D eigenvalue weighted by molar-refractivity contribution is 5.90. The fourth-order valence-corrected chi connectivity index (χ4v) is 5.71. The van der Waals surface area contributed by atoms with Crippen molar-refractivity contribution in [3.63, 3.8) is 0 Å². The van der Waals surface area contributed by atoms with Gasteiger partial charge >= 0.3 is 5.97 Å². The Morgan fingerprint density at radius 3 is 2.60 bits per heavy atom. The second kappa shape index (κ2) is 10.0. The molecular weight excluding hydrogens is 504 g/mol. The van der Waals surface area contributed by atoms with E-state index in [1.165, 1.54) is 17.4 Å². The minimum Gasteiger partial charge on any atom is -0.493 e. The van der Waals surface area contributed by atoms with Gasteiger partial charge in [0.15, 0.2) is 0 Å². The molecule has 40 heavy (non-hydrogen) atoms. The maximum atomic E-state index is 13.5. The van der Waals surface area contributed by atoms with E-state index in [1.54, 1.807) is 12.1 Å². The number of benzene rings is 4. The van der Waals surface area contributed by atoms with E-state index in [2.05, 4.69) is 12.1 Å². The summed E-state index contributed by atoms with van der Waals surface area (Å²) in [5.74, 6) is 1.33. The van der Waals surface area contributed by atoms with E-state index in [9.17, 15) is 9.59 Å². The summed E-state index contributed by atoms with van der Waals surface area (Å²) in [5.41, 5.74) is 5.53. The first-order valence-electron chi connectivity index (χ1n) is 13.5. The number of esters is 1. The summed E-state index contributed by atoms with van der Waals surface area (Å²) >= 11 is 0. The van der Waals surface area contributed by atoms with Crippen molar-refractivity contribution in [2.75, 3.05) is 13.2 Å². The molecule has 0 bridgehead atoms. The highest BCUT2D eigenvalue weighted by Gasteiger charge is 2.33. The zero-order valence-electron chi connectivity index (χ0n) is 21.7. The molecule has 0 unspecified atom stereocenters. The molecule has 0 radical (unpaired) electrons. The SMILES string of the molecule is O=C1C[C@H](c2ccccc2OCCc2ccc3c(c2)CCO3)c2c(ccc3c(=O)c(-c4ccccc4)coc23)O1. The highest BCUT2D eigenvalue weighted by atomic mass is 16.5. The van der Waals surface area contributed by atoms with Crippen molar-refractivity contribution in [3.05, 3.63) is 124 Å². The van der Waals surface area contributed by atoms with E-state index in [4.69, 9.17) is 18.6 Å². The number of carbonyl (C=O) groups is 1. The quantitative estimate of drug-likeness (QED) is 0.185. The molecule has 2 aliphatic rings. The van der Waals surface area contributed by atoms with E-state index < -0.39 is 0 Å². The molecule has 4 aromatic carbocycles. The second-order valence-corrected chi connectivity index (χ2v) is 10.1. The maximum Gasteiger partial charge on any atom is 0.312 e. The normalized spacial score (nSPS) is 15.7. The van der Waals surface area contributed by atoms with E-state index in [1.807, 2.05) is 60.7 Å². The van der Waals surface area contributed by atoms with Crippen LogP contribution in [0.5, 0.6) is 17.2 Å². The molecule has 0 amide bonds. The summed E-state index contributed by atoms with van der Waals surface area (Å²) < 4.78 is 23.7. The van der Waals surface area contributed by atoms with Gasteiger partial charge in [-0.15, -0.1) is 0 Å². The number of carbonyl (C=O) groups excluding carboxylic acids is 1. The Morgan fingerprint density at radius 1 is 0.875 bits per heavy atom. The Hall–Kier alpha value is -4.84. The molecular formula is C34H26O6. The first-order valence-corrected chi connectivity index (χ1v) is 13.5. The van der Waals surface area contributed by atoms with E-state index in [0.717, 1.165) is 36.3 Å². The third-order valence-electron chi connectivity index (χ3n) is 7.66. The molecule has 0 fully saturated rings. The van der Waals surface area contributed by atoms with Gasteiger partial charge < -0.3 is 18.6 Å². The predicted octanol–water partition coefficient (Wildman–Crippen LogP) is 6.46. The summed E-state index contributed by atoms with van der Waals surface area (Å²) in [6.07, 6.45) is 3.28. The number of hydrogen-bond donors (Lipinski definition) is 0. The van der Waals surface area contributed by atoms with Gasteiger partial charge in [0.1, 0.15) is 29.1 Å². The molecule has 1 atom stereocenters. The molecule has 6 heteroatoms. The summed E-state index contributed by atoms with van der Waals surface area (Å²) in [5, 5.41) is 0.446. The number of rotatable bonds is 6. The van der Waals surface area contributed by atoms with Gasteiger partial charge in [-0.05, 0) is 41.0 Å². The lowest BCUT2D eigenvalue weighted by Crippen LogP contribution is -2.22. The average molecular weight is 531 g/mol. The first kappa shape index (κ1) is 24.2. The Bertz CT molecular complexity index is 1800. The van der Waals surface area contributed by atoms with Gasteiger partial charge in [-0.1, -0.05) is 60.7 Å². The molecule has 0 saturated carbocycles. The smallest absolute Gasteiger partial charge is 0.312 e. The highest BCUT2D eigenvalue weighted by Crippen LogP contribution is 2.45. The third kappa shape index (κ3) is 4.31. The van der Waals surface area contributed by atoms with Gasteiger partial charge in [-0.25, -0.2) is 0 Å². The molecule has 6 nitrogen and oxygen atoms in total. The van der Waals surface area contributed by atoms with Gasteiger partial charge in [-0.2, -0.15) is 0 Å². The lowest BCUT2D eigenvalue weighted by atomic mass is 9.84. The van der Waals surface area contributed by atoms with Gasteiger partial charge in [-0.3, -0.25) is 9.59 Å². The minimum atomic E-state index is -0.390. The minimum absolute atomic E-state index is 0.113. The van der Waals surface area contributed by atoms with Crippen LogP contribution in [0, 0.1) is 0 Å². The Kier molecular flexibility index (Phi) is 6.08. The molecule has 2 aliphatic heterocycles. The monoisotopic (exact) mass is 530 g/mol. The van der Waals surface area contributed by atoms with Gasteiger partial charge in [0.2, 0.25) is 5.43 Å². The molecule has 3 heterocycles. The van der Waals surface area contributed by atoms with Crippen LogP contribution in [0.2, 0.25) is 0 Å². The van der Waals surface area contributed by atoms with Gasteiger partial charge in [0.25, 0.3) is 0 Å². The number of hydrogen-bond acceptors (Lipinski definition) is 6. The predicted molar refractivity (Wildman–Crippen MR) is 151 cm³/mol. The fraction of sp³-hybridized carbons (Fsp3) is 0.176. The van der Waals surface area contributed by atoms with Crippen LogP contribution < -0.4 is 19.6 Å². The maximum absolute atomic E-state index is 13.5. The molecule has 0 spiro atoms. The van der Waals surface area contributed by atoms with Crippen LogP contribution in [0.15, 0.2) is 100 Å². The summed E-state index contributed by atoms with van der Waals surface area (Å²) in [6, 6.07) is 26.8. The second-order valence-electron chi connectivity index (χ2n) is 10.1. The molecule has 1 aromatic heterocycles. The van der Waals surface area contributed by atoms with Crippen LogP contribution in [0.4, 0.5) is 0 Å². The van der Waals surface area contributed by atoms with Crippen LogP contribution in [0.3, 0.4) is 0 Å². The molecule has 0 aliphatic carbocycles. The molecule has 0 saturated heterocycles. The summed E-state index contributed by atoms with van der Waals surface area (Å²) in [6.45, 7) is 1.21. The van der Waals surface area contributed by atoms with Gasteiger partial charge in [0, 0.05) is 29.9 Å². The lowest BCUT2D eigenvalue weighted by molar-refractivity contribution is -0.135. The van der Waals surface area contributed by atoms with Crippen molar-refractivity contribution < 1.29 is 23.4 Å². The zero-order chi connectivity index (χ0) is 27.1. The van der Waals surface area contributed by atoms with Crippen molar-refractivity contribution in [2.45, 2.75) is 25.2 Å². The Labute approximate surface area is 230 Å². The van der Waals surface area contributed by atoms with Crippen molar-refractivity contribution >= 4 is 16.9 Å². The van der Waals surface area contributed by atoms with Gasteiger partial charge in [0.05, 0.1) is 30.6 Å². The molecule has 0 N–H and O–H groups in total. The third-order valence-corrected chi connectivity index (χ3v) is 7.66. The van der Waals surface area contributed by atoms with Crippen LogP contribution >= 0.6 is 0 Å². The molecule has 5 aromatic rings. The van der Waals surface area contributed by atoms with Crippen LogP contribution in [-0.4, -0.2) is 19.2 Å². The number of ether oxygens (including phenoxy) is 3. The Morgan fingerprint density at radius 2 is 1.70 bits per heavy atom. The van der Waals surface area contributed by atoms with Crippen LogP contribution in [0.1, 0.15) is 34.6 Å². The average Bonchev–Trinajstić information content (AvgIpc) is 3.45. The molecule has 7 rings (SSSR count). The van der Waals surface area contributed by atoms with Crippen molar-refractivity contribution in [1.82, 2.24) is 0 Å². The van der Waals surface area contributed by atoms with E-state index in [-0.39, 0.29) is 23.7 Å². The van der Waals surface area contributed by atoms with Crippen molar-refractivity contribution in [2.24, 2.45) is 0 Å². The standard InChI is InChI=1S/C34H26O6/c35-31-19-26(24-8-4-5-9-29(24)38-16-14-21-10-12-28-23(18-21)15-17-37-28)32-30(40-31)13-11-25-33(36)27(20-39-34(25)32)22-6-2-1-3-7-22/h1-13,18,20,26H,14-17,19H2/t26-/m1/s1. The first-order chi connectivity index (χ1) is 19.7. The lowest BCUT2D eigenvalue weighted by Gasteiger charge is -2.27. The molecule has 198 valence electrons. The summed E-state index contributed by atoms with van der Waals surface area (Å²) in [7, 11) is 0. The largest absolute Gasteiger partial charge is 0.493 e. The van der Waals surface area contributed by atoms with Crippen LogP contribution in [0.25, 0.3) is 22.1 Å². The number of fused-ring (bicyclic) bond motifs is 4. The fourth-order valence-electron chi connectivity index (χ4n) is 5.71. The van der Waals surface area contributed by atoms with E-state index in [0.29, 0.717) is 40.2 Å². The summed E-state index contributed by atoms with van der Waals surface area (Å²) in [4.78, 5) is 26.2. The van der Waals surface area contributed by atoms with Crippen LogP contribution in [-0.2, 0) is 17.6 Å². The van der Waals surface area contributed by atoms with Crippen molar-refractivity contribution in [3.8, 4) is 28.4 Å². The van der Waals surface area contributed by atoms with E-state index >= 15 is 0 Å². The topological polar surface area (TPSA) is 75.0 Å². The Balaban J connectivity index is 1.24. The number of para-hydroxylation sites is 1.